The molecule has 0 amide bonds. The van der Waals surface area contributed by atoms with E-state index in [1.165, 1.54) is 17.0 Å². The van der Waals surface area contributed by atoms with Crippen molar-refractivity contribution in [3.63, 3.8) is 0 Å². The van der Waals surface area contributed by atoms with Gasteiger partial charge in [0, 0.05) is 24.7 Å². The van der Waals surface area contributed by atoms with Crippen LogP contribution in [0.25, 0.3) is 0 Å². The van der Waals surface area contributed by atoms with E-state index in [0.29, 0.717) is 23.8 Å². The lowest BCUT2D eigenvalue weighted by molar-refractivity contribution is -0.858. The molecule has 1 aliphatic rings. The van der Waals surface area contributed by atoms with Crippen LogP contribution in [0.5, 0.6) is 0 Å². The van der Waals surface area contributed by atoms with Crippen molar-refractivity contribution in [2.24, 2.45) is 0 Å². The van der Waals surface area contributed by atoms with E-state index in [4.69, 9.17) is 12.2 Å². The fourth-order valence-electron chi connectivity index (χ4n) is 2.80. The third kappa shape index (κ3) is 5.68. The number of nitrogens with one attached hydrogen (secondary N) is 2. The molecule has 5 nitrogen and oxygen atoms in total. The SMILES string of the molecule is C[NH+](C)CCCN(C(=S)Nc1ccc(F)cc1)[C@@H]1CCS(=O)(=O)C1. The quantitative estimate of drug-likeness (QED) is 0.712. The molecule has 2 N–H and O–H groups in total. The number of hydrogen-bond acceptors (Lipinski definition) is 3. The van der Waals surface area contributed by atoms with Crippen molar-refractivity contribution in [1.82, 2.24) is 4.90 Å². The molecule has 1 aromatic carbocycles. The van der Waals surface area contributed by atoms with Crippen molar-refractivity contribution in [2.45, 2.75) is 18.9 Å². The van der Waals surface area contributed by atoms with Crippen LogP contribution < -0.4 is 10.2 Å². The molecule has 24 heavy (non-hydrogen) atoms. The molecule has 134 valence electrons. The zero-order chi connectivity index (χ0) is 17.7. The highest BCUT2D eigenvalue weighted by atomic mass is 32.2. The molecular formula is C16H25FN3O2S2+. The number of benzene rings is 1. The number of anilines is 1. The normalized spacial score (nSPS) is 19.4. The number of rotatable bonds is 6. The molecule has 0 aromatic heterocycles. The molecule has 8 heteroatoms. The van der Waals surface area contributed by atoms with Gasteiger partial charge in [0.1, 0.15) is 5.82 Å². The number of sulfone groups is 1. The zero-order valence-corrected chi connectivity index (χ0v) is 15.7. The van der Waals surface area contributed by atoms with Gasteiger partial charge in [-0.3, -0.25) is 0 Å². The molecule has 0 spiro atoms. The van der Waals surface area contributed by atoms with Crippen molar-refractivity contribution < 1.29 is 17.7 Å². The maximum atomic E-state index is 13.0. The maximum Gasteiger partial charge on any atom is 0.173 e. The van der Waals surface area contributed by atoms with Gasteiger partial charge in [0.15, 0.2) is 14.9 Å². The Labute approximate surface area is 148 Å². The van der Waals surface area contributed by atoms with Crippen LogP contribution >= 0.6 is 12.2 Å². The Balaban J connectivity index is 2.05. The Morgan fingerprint density at radius 3 is 2.58 bits per heavy atom. The maximum absolute atomic E-state index is 13.0. The van der Waals surface area contributed by atoms with Crippen LogP contribution in [0.4, 0.5) is 10.1 Å². The minimum absolute atomic E-state index is 0.0902. The highest BCUT2D eigenvalue weighted by Gasteiger charge is 2.33. The molecule has 0 saturated carbocycles. The van der Waals surface area contributed by atoms with E-state index in [-0.39, 0.29) is 23.4 Å². The monoisotopic (exact) mass is 374 g/mol. The van der Waals surface area contributed by atoms with Gasteiger partial charge in [0.2, 0.25) is 0 Å². The van der Waals surface area contributed by atoms with Crippen LogP contribution in [0.15, 0.2) is 24.3 Å². The smallest absolute Gasteiger partial charge is 0.173 e. The van der Waals surface area contributed by atoms with Crippen LogP contribution in [0.3, 0.4) is 0 Å². The molecule has 1 aromatic rings. The van der Waals surface area contributed by atoms with Crippen LogP contribution in [-0.2, 0) is 9.84 Å². The van der Waals surface area contributed by atoms with Crippen LogP contribution in [0, 0.1) is 5.82 Å². The van der Waals surface area contributed by atoms with Gasteiger partial charge in [0.05, 0.1) is 32.1 Å². The minimum Gasteiger partial charge on any atom is -0.345 e. The highest BCUT2D eigenvalue weighted by Crippen LogP contribution is 2.20. The first-order chi connectivity index (χ1) is 11.3. The standard InChI is InChI=1S/C16H24FN3O2S2/c1-19(2)9-3-10-20(15-8-11-24(21,22)12-15)16(23)18-14-6-4-13(17)5-7-14/h4-7,15H,3,8-12H2,1-2H3,(H,18,23)/p+1/t15-/m1/s1. The third-order valence-electron chi connectivity index (χ3n) is 4.08. The third-order valence-corrected chi connectivity index (χ3v) is 6.17. The van der Waals surface area contributed by atoms with Crippen molar-refractivity contribution in [3.05, 3.63) is 30.1 Å². The van der Waals surface area contributed by atoms with Gasteiger partial charge in [-0.25, -0.2) is 12.8 Å². The van der Waals surface area contributed by atoms with E-state index in [2.05, 4.69) is 19.4 Å². The molecular weight excluding hydrogens is 349 g/mol. The number of hydrogen-bond donors (Lipinski definition) is 2. The Bertz CT molecular complexity index is 662. The van der Waals surface area contributed by atoms with Crippen molar-refractivity contribution in [1.29, 1.82) is 0 Å². The number of nitrogens with zero attached hydrogens (tertiary/aromatic N) is 1. The van der Waals surface area contributed by atoms with E-state index in [0.717, 1.165) is 13.0 Å². The second kappa shape index (κ2) is 8.22. The van der Waals surface area contributed by atoms with Crippen LogP contribution in [-0.4, -0.2) is 63.2 Å². The van der Waals surface area contributed by atoms with Gasteiger partial charge in [-0.1, -0.05) is 0 Å². The Hall–Kier alpha value is -1.25. The summed E-state index contributed by atoms with van der Waals surface area (Å²) in [5.41, 5.74) is 0.700. The lowest BCUT2D eigenvalue weighted by atomic mass is 10.2. The number of quaternary nitrogens is 1. The molecule has 2 rings (SSSR count). The van der Waals surface area contributed by atoms with E-state index in [1.54, 1.807) is 12.1 Å². The summed E-state index contributed by atoms with van der Waals surface area (Å²) in [6.45, 7) is 1.69. The molecule has 0 unspecified atom stereocenters. The fourth-order valence-corrected chi connectivity index (χ4v) is 4.89. The number of thiocarbonyl (C=S) groups is 1. The van der Waals surface area contributed by atoms with E-state index in [1.807, 2.05) is 4.90 Å². The first-order valence-electron chi connectivity index (χ1n) is 8.09. The zero-order valence-electron chi connectivity index (χ0n) is 14.1. The summed E-state index contributed by atoms with van der Waals surface area (Å²) >= 11 is 5.50. The molecule has 1 heterocycles. The van der Waals surface area contributed by atoms with E-state index >= 15 is 0 Å². The molecule has 1 saturated heterocycles. The molecule has 0 radical (unpaired) electrons. The molecule has 1 atom stereocenters. The first-order valence-corrected chi connectivity index (χ1v) is 10.3. The molecule has 0 aliphatic carbocycles. The van der Waals surface area contributed by atoms with Gasteiger partial charge in [-0.15, -0.1) is 0 Å². The van der Waals surface area contributed by atoms with Gasteiger partial charge in [0.25, 0.3) is 0 Å². The second-order valence-corrected chi connectivity index (χ2v) is 9.11. The number of halogens is 1. The summed E-state index contributed by atoms with van der Waals surface area (Å²) in [5, 5.41) is 3.60. The lowest BCUT2D eigenvalue weighted by Gasteiger charge is -2.31. The van der Waals surface area contributed by atoms with Crippen LogP contribution in [0.1, 0.15) is 12.8 Å². The van der Waals surface area contributed by atoms with Crippen molar-refractivity contribution >= 4 is 32.9 Å². The average Bonchev–Trinajstić information content (AvgIpc) is 2.85. The molecule has 0 bridgehead atoms. The summed E-state index contributed by atoms with van der Waals surface area (Å²) < 4.78 is 36.6. The highest BCUT2D eigenvalue weighted by molar-refractivity contribution is 7.91. The lowest BCUT2D eigenvalue weighted by Crippen LogP contribution is -3.05. The minimum atomic E-state index is -2.98. The Morgan fingerprint density at radius 2 is 2.04 bits per heavy atom. The average molecular weight is 375 g/mol. The largest absolute Gasteiger partial charge is 0.345 e. The predicted molar refractivity (Wildman–Crippen MR) is 98.7 cm³/mol. The Kier molecular flexibility index (Phi) is 6.54. The predicted octanol–water partition coefficient (Wildman–Crippen LogP) is 0.546. The second-order valence-electron chi connectivity index (χ2n) is 6.50. The molecule has 1 fully saturated rings. The summed E-state index contributed by atoms with van der Waals surface area (Å²) in [5.74, 6) is 0.0541. The topological polar surface area (TPSA) is 53.9 Å². The summed E-state index contributed by atoms with van der Waals surface area (Å²) in [7, 11) is 1.19. The van der Waals surface area contributed by atoms with E-state index in [9.17, 15) is 12.8 Å². The molecule has 1 aliphatic heterocycles. The van der Waals surface area contributed by atoms with Gasteiger partial charge in [-0.05, 0) is 42.9 Å². The van der Waals surface area contributed by atoms with E-state index < -0.39 is 9.84 Å². The fraction of sp³-hybridized carbons (Fsp3) is 0.562. The van der Waals surface area contributed by atoms with Crippen molar-refractivity contribution in [3.8, 4) is 0 Å². The van der Waals surface area contributed by atoms with Crippen molar-refractivity contribution in [2.75, 3.05) is 44.0 Å². The van der Waals surface area contributed by atoms with Gasteiger partial charge >= 0.3 is 0 Å². The van der Waals surface area contributed by atoms with Gasteiger partial charge in [-0.2, -0.15) is 0 Å². The summed E-state index contributed by atoms with van der Waals surface area (Å²) in [6.07, 6.45) is 1.52. The van der Waals surface area contributed by atoms with Crippen LogP contribution in [0.2, 0.25) is 0 Å². The van der Waals surface area contributed by atoms with Gasteiger partial charge < -0.3 is 15.1 Å². The summed E-state index contributed by atoms with van der Waals surface area (Å²) in [4.78, 5) is 3.32. The Morgan fingerprint density at radius 1 is 1.38 bits per heavy atom. The first kappa shape index (κ1) is 19.1. The summed E-state index contributed by atoms with van der Waals surface area (Å²) in [6, 6.07) is 5.88.